The number of carbonyl (C=O) groups excluding carboxylic acids is 1. The van der Waals surface area contributed by atoms with Gasteiger partial charge in [-0.25, -0.2) is 0 Å². The molecule has 2 rings (SSSR count). The molecule has 0 aromatic carbocycles. The Hall–Kier alpha value is -0.580. The van der Waals surface area contributed by atoms with E-state index in [1.165, 1.54) is 11.3 Å². The van der Waals surface area contributed by atoms with Gasteiger partial charge in [0.15, 0.2) is 5.76 Å². The van der Waals surface area contributed by atoms with E-state index in [-0.39, 0.29) is 5.78 Å². The van der Waals surface area contributed by atoms with Crippen molar-refractivity contribution < 1.29 is 9.21 Å². The molecule has 2 nitrogen and oxygen atoms in total. The fourth-order valence-electron chi connectivity index (χ4n) is 1.14. The summed E-state index contributed by atoms with van der Waals surface area (Å²) < 4.78 is 6.56. The molecule has 78 valence electrons. The van der Waals surface area contributed by atoms with Crippen LogP contribution in [0, 0.1) is 6.92 Å². The van der Waals surface area contributed by atoms with Gasteiger partial charge >= 0.3 is 0 Å². The molecule has 0 radical (unpaired) electrons. The summed E-state index contributed by atoms with van der Waals surface area (Å²) in [6.45, 7) is 1.80. The molecule has 2 aromatic rings. The predicted octanol–water partition coefficient (Wildman–Crippen LogP) is 4.30. The maximum absolute atomic E-state index is 11.9. The Labute approximate surface area is 104 Å². The van der Waals surface area contributed by atoms with Gasteiger partial charge in [0.25, 0.3) is 0 Å². The first-order valence-electron chi connectivity index (χ1n) is 4.14. The summed E-state index contributed by atoms with van der Waals surface area (Å²) in [4.78, 5) is 12.4. The highest BCUT2D eigenvalue weighted by Crippen LogP contribution is 2.33. The molecule has 0 spiro atoms. The van der Waals surface area contributed by atoms with Gasteiger partial charge in [-0.15, -0.1) is 11.3 Å². The zero-order valence-corrected chi connectivity index (χ0v) is 10.9. The van der Waals surface area contributed by atoms with Gasteiger partial charge in [0.2, 0.25) is 5.78 Å². The number of hydrogen-bond acceptors (Lipinski definition) is 3. The maximum atomic E-state index is 11.9. The van der Waals surface area contributed by atoms with E-state index in [1.54, 1.807) is 25.1 Å². The van der Waals surface area contributed by atoms with Gasteiger partial charge in [-0.2, -0.15) is 0 Å². The van der Waals surface area contributed by atoms with Crippen molar-refractivity contribution in [3.05, 3.63) is 43.4 Å². The summed E-state index contributed by atoms with van der Waals surface area (Å²) in [6.07, 6.45) is 0. The minimum absolute atomic E-state index is 0.138. The van der Waals surface area contributed by atoms with Gasteiger partial charge in [0.1, 0.15) is 10.1 Å². The molecule has 0 aliphatic carbocycles. The van der Waals surface area contributed by atoms with Crippen LogP contribution in [0.2, 0.25) is 4.34 Å². The monoisotopic (exact) mass is 304 g/mol. The van der Waals surface area contributed by atoms with Crippen molar-refractivity contribution in [1.82, 2.24) is 0 Å². The second-order valence-corrected chi connectivity index (χ2v) is 5.48. The summed E-state index contributed by atoms with van der Waals surface area (Å²) in [5, 5.41) is 0. The van der Waals surface area contributed by atoms with Crippen LogP contribution in [-0.2, 0) is 0 Å². The molecule has 15 heavy (non-hydrogen) atoms. The zero-order chi connectivity index (χ0) is 11.0. The Balaban J connectivity index is 2.36. The maximum Gasteiger partial charge on any atom is 0.238 e. The molecule has 2 heterocycles. The fourth-order valence-corrected chi connectivity index (χ4v) is 2.78. The highest BCUT2D eigenvalue weighted by Gasteiger charge is 2.16. The SMILES string of the molecule is Cc1ccc(C(=O)c2cc(Br)c(Cl)s2)o1. The Morgan fingerprint density at radius 2 is 2.27 bits per heavy atom. The van der Waals surface area contributed by atoms with Crippen LogP contribution < -0.4 is 0 Å². The quantitative estimate of drug-likeness (QED) is 0.775. The van der Waals surface area contributed by atoms with Crippen LogP contribution >= 0.6 is 38.9 Å². The lowest BCUT2D eigenvalue weighted by atomic mass is 10.2. The average Bonchev–Trinajstić information content (AvgIpc) is 2.74. The molecule has 0 unspecified atom stereocenters. The van der Waals surface area contributed by atoms with E-state index < -0.39 is 0 Å². The molecule has 0 N–H and O–H groups in total. The molecular formula is C10H6BrClO2S. The van der Waals surface area contributed by atoms with Crippen LogP contribution in [0.5, 0.6) is 0 Å². The molecule has 0 aliphatic rings. The highest BCUT2D eigenvalue weighted by molar-refractivity contribution is 9.10. The summed E-state index contributed by atoms with van der Waals surface area (Å²) in [5.74, 6) is 0.929. The number of thiophene rings is 1. The van der Waals surface area contributed by atoms with Gasteiger partial charge < -0.3 is 4.42 Å². The number of hydrogen-bond donors (Lipinski definition) is 0. The van der Waals surface area contributed by atoms with Gasteiger partial charge in [-0.3, -0.25) is 4.79 Å². The number of aryl methyl sites for hydroxylation is 1. The third kappa shape index (κ3) is 2.17. The average molecular weight is 306 g/mol. The van der Waals surface area contributed by atoms with Crippen LogP contribution in [0.1, 0.15) is 21.2 Å². The second kappa shape index (κ2) is 4.12. The number of ketones is 1. The molecule has 5 heteroatoms. The van der Waals surface area contributed by atoms with Crippen LogP contribution in [0.4, 0.5) is 0 Å². The Kier molecular flexibility index (Phi) is 3.00. The van der Waals surface area contributed by atoms with E-state index in [1.807, 2.05) is 0 Å². The van der Waals surface area contributed by atoms with Gasteiger partial charge in [-0.1, -0.05) is 11.6 Å². The van der Waals surface area contributed by atoms with Crippen molar-refractivity contribution >= 4 is 44.7 Å². The lowest BCUT2D eigenvalue weighted by Crippen LogP contribution is -1.95. The van der Waals surface area contributed by atoms with Crippen molar-refractivity contribution in [3.63, 3.8) is 0 Å². The number of furan rings is 1. The van der Waals surface area contributed by atoms with E-state index in [0.717, 1.165) is 10.2 Å². The zero-order valence-electron chi connectivity index (χ0n) is 7.71. The summed E-state index contributed by atoms with van der Waals surface area (Å²) in [6, 6.07) is 5.13. The first-order chi connectivity index (χ1) is 7.08. The molecular weight excluding hydrogens is 300 g/mol. The van der Waals surface area contributed by atoms with Gasteiger partial charge in [-0.05, 0) is 41.1 Å². The molecule has 0 atom stereocenters. The van der Waals surface area contributed by atoms with Crippen molar-refractivity contribution in [3.8, 4) is 0 Å². The summed E-state index contributed by atoms with van der Waals surface area (Å²) in [7, 11) is 0. The largest absolute Gasteiger partial charge is 0.458 e. The molecule has 0 fully saturated rings. The number of halogens is 2. The minimum atomic E-state index is -0.138. The second-order valence-electron chi connectivity index (χ2n) is 2.97. The van der Waals surface area contributed by atoms with Gasteiger partial charge in [0, 0.05) is 4.47 Å². The lowest BCUT2D eigenvalue weighted by molar-refractivity contribution is 0.101. The molecule has 0 amide bonds. The third-order valence-electron chi connectivity index (χ3n) is 1.83. The van der Waals surface area contributed by atoms with Crippen molar-refractivity contribution in [2.75, 3.05) is 0 Å². The van der Waals surface area contributed by atoms with Crippen LogP contribution in [-0.4, -0.2) is 5.78 Å². The molecule has 0 bridgehead atoms. The summed E-state index contributed by atoms with van der Waals surface area (Å²) >= 11 is 10.3. The van der Waals surface area contributed by atoms with E-state index >= 15 is 0 Å². The van der Waals surface area contributed by atoms with Crippen molar-refractivity contribution in [1.29, 1.82) is 0 Å². The van der Waals surface area contributed by atoms with Crippen LogP contribution in [0.25, 0.3) is 0 Å². The molecule has 0 saturated heterocycles. The van der Waals surface area contributed by atoms with E-state index in [2.05, 4.69) is 15.9 Å². The first-order valence-corrected chi connectivity index (χ1v) is 6.12. The molecule has 0 aliphatic heterocycles. The lowest BCUT2D eigenvalue weighted by Gasteiger charge is -1.90. The number of rotatable bonds is 2. The van der Waals surface area contributed by atoms with E-state index in [0.29, 0.717) is 15.0 Å². The Bertz CT molecular complexity index is 496. The normalized spacial score (nSPS) is 10.6. The molecule has 0 saturated carbocycles. The fraction of sp³-hybridized carbons (Fsp3) is 0.100. The van der Waals surface area contributed by atoms with Crippen LogP contribution in [0.15, 0.2) is 27.1 Å². The van der Waals surface area contributed by atoms with Crippen molar-refractivity contribution in [2.24, 2.45) is 0 Å². The predicted molar refractivity (Wildman–Crippen MR) is 63.9 cm³/mol. The summed E-state index contributed by atoms with van der Waals surface area (Å²) in [5.41, 5.74) is 0. The van der Waals surface area contributed by atoms with E-state index in [9.17, 15) is 4.79 Å². The van der Waals surface area contributed by atoms with Crippen molar-refractivity contribution in [2.45, 2.75) is 6.92 Å². The third-order valence-corrected chi connectivity index (χ3v) is 4.31. The van der Waals surface area contributed by atoms with E-state index in [4.69, 9.17) is 16.0 Å². The molecule has 2 aromatic heterocycles. The van der Waals surface area contributed by atoms with Crippen LogP contribution in [0.3, 0.4) is 0 Å². The first kappa shape index (κ1) is 10.9. The smallest absolute Gasteiger partial charge is 0.238 e. The Morgan fingerprint density at radius 1 is 1.53 bits per heavy atom. The minimum Gasteiger partial charge on any atom is -0.458 e. The standard InChI is InChI=1S/C10H6BrClO2S/c1-5-2-3-7(14-5)9(13)8-4-6(11)10(12)15-8/h2-4H,1H3. The highest BCUT2D eigenvalue weighted by atomic mass is 79.9. The van der Waals surface area contributed by atoms with Gasteiger partial charge in [0.05, 0.1) is 4.88 Å². The topological polar surface area (TPSA) is 30.2 Å². The number of carbonyl (C=O) groups is 1. The Morgan fingerprint density at radius 3 is 2.73 bits per heavy atom.